The van der Waals surface area contributed by atoms with E-state index in [0.717, 1.165) is 12.8 Å². The lowest BCUT2D eigenvalue weighted by Gasteiger charge is -2.12. The molecule has 1 aliphatic rings. The molecule has 88 valence electrons. The predicted molar refractivity (Wildman–Crippen MR) is 65.9 cm³/mol. The van der Waals surface area contributed by atoms with Crippen LogP contribution in [0.1, 0.15) is 71.6 Å². The van der Waals surface area contributed by atoms with Gasteiger partial charge in [0.1, 0.15) is 6.10 Å². The van der Waals surface area contributed by atoms with Crippen LogP contribution in [0.4, 0.5) is 0 Å². The van der Waals surface area contributed by atoms with Crippen molar-refractivity contribution in [3.05, 3.63) is 11.8 Å². The van der Waals surface area contributed by atoms with E-state index >= 15 is 0 Å². The first kappa shape index (κ1) is 12.6. The molecular weight excluding hydrogens is 184 g/mol. The third kappa shape index (κ3) is 5.25. The first-order chi connectivity index (χ1) is 7.36. The van der Waals surface area contributed by atoms with Crippen molar-refractivity contribution in [2.24, 2.45) is 0 Å². The zero-order valence-electron chi connectivity index (χ0n) is 10.4. The molecule has 0 fully saturated rings. The molecule has 0 aromatic rings. The van der Waals surface area contributed by atoms with Crippen LogP contribution in [0, 0.1) is 0 Å². The number of ether oxygens (including phenoxy) is 1. The van der Waals surface area contributed by atoms with Crippen molar-refractivity contribution < 1.29 is 4.74 Å². The Kier molecular flexibility index (Phi) is 6.54. The van der Waals surface area contributed by atoms with E-state index in [1.165, 1.54) is 50.7 Å². The molecule has 1 aliphatic heterocycles. The first-order valence-electron chi connectivity index (χ1n) is 6.72. The molecule has 0 saturated heterocycles. The number of unbranched alkanes of at least 4 members (excludes halogenated alkanes) is 4. The second-order valence-corrected chi connectivity index (χ2v) is 4.60. The lowest BCUT2D eigenvalue weighted by atomic mass is 10.1. The SMILES string of the molecule is CCCCCC1=CCC(CCCCC)O1. The van der Waals surface area contributed by atoms with Gasteiger partial charge in [-0.05, 0) is 25.3 Å². The third-order valence-corrected chi connectivity index (χ3v) is 3.08. The zero-order valence-corrected chi connectivity index (χ0v) is 10.4. The lowest BCUT2D eigenvalue weighted by molar-refractivity contribution is 0.125. The average Bonchev–Trinajstić information content (AvgIpc) is 2.67. The molecule has 0 aromatic carbocycles. The highest BCUT2D eigenvalue weighted by Gasteiger charge is 2.16. The molecule has 0 amide bonds. The molecule has 0 aromatic heterocycles. The average molecular weight is 210 g/mol. The zero-order chi connectivity index (χ0) is 10.9. The number of hydrogen-bond acceptors (Lipinski definition) is 1. The van der Waals surface area contributed by atoms with E-state index in [1.807, 2.05) is 0 Å². The largest absolute Gasteiger partial charge is 0.495 e. The summed E-state index contributed by atoms with van der Waals surface area (Å²) in [6, 6.07) is 0. The third-order valence-electron chi connectivity index (χ3n) is 3.08. The van der Waals surface area contributed by atoms with Crippen molar-refractivity contribution in [3.8, 4) is 0 Å². The van der Waals surface area contributed by atoms with Crippen molar-refractivity contribution in [3.63, 3.8) is 0 Å². The summed E-state index contributed by atoms with van der Waals surface area (Å²) in [5.74, 6) is 1.27. The molecule has 0 radical (unpaired) electrons. The Hall–Kier alpha value is -0.460. The summed E-state index contributed by atoms with van der Waals surface area (Å²) in [5, 5.41) is 0. The Morgan fingerprint density at radius 2 is 1.87 bits per heavy atom. The van der Waals surface area contributed by atoms with Gasteiger partial charge in [0.05, 0.1) is 5.76 Å². The fourth-order valence-corrected chi connectivity index (χ4v) is 2.08. The Bertz CT molecular complexity index is 184. The fourth-order valence-electron chi connectivity index (χ4n) is 2.08. The quantitative estimate of drug-likeness (QED) is 0.522. The standard InChI is InChI=1S/C14H26O/c1-3-5-7-9-13-11-12-14(15-13)10-8-6-4-2/h11,14H,3-10,12H2,1-2H3. The van der Waals surface area contributed by atoms with Crippen LogP contribution in [0.25, 0.3) is 0 Å². The molecule has 1 nitrogen and oxygen atoms in total. The highest BCUT2D eigenvalue weighted by atomic mass is 16.5. The summed E-state index contributed by atoms with van der Waals surface area (Å²) in [7, 11) is 0. The van der Waals surface area contributed by atoms with Crippen LogP contribution >= 0.6 is 0 Å². The van der Waals surface area contributed by atoms with Gasteiger partial charge in [-0.1, -0.05) is 39.5 Å². The molecule has 1 atom stereocenters. The minimum Gasteiger partial charge on any atom is -0.495 e. The maximum Gasteiger partial charge on any atom is 0.102 e. The number of rotatable bonds is 8. The smallest absolute Gasteiger partial charge is 0.102 e. The van der Waals surface area contributed by atoms with E-state index in [4.69, 9.17) is 4.74 Å². The van der Waals surface area contributed by atoms with Gasteiger partial charge in [0.15, 0.2) is 0 Å². The molecule has 0 bridgehead atoms. The van der Waals surface area contributed by atoms with E-state index < -0.39 is 0 Å². The van der Waals surface area contributed by atoms with Crippen molar-refractivity contribution >= 4 is 0 Å². The molecule has 15 heavy (non-hydrogen) atoms. The van der Waals surface area contributed by atoms with E-state index in [0.29, 0.717) is 6.10 Å². The van der Waals surface area contributed by atoms with Crippen LogP contribution in [0.2, 0.25) is 0 Å². The monoisotopic (exact) mass is 210 g/mol. The van der Waals surface area contributed by atoms with Crippen LogP contribution in [0.15, 0.2) is 11.8 Å². The van der Waals surface area contributed by atoms with Gasteiger partial charge in [0.25, 0.3) is 0 Å². The van der Waals surface area contributed by atoms with Crippen LogP contribution in [-0.2, 0) is 4.74 Å². The maximum absolute atomic E-state index is 5.92. The molecular formula is C14H26O. The van der Waals surface area contributed by atoms with Gasteiger partial charge in [0, 0.05) is 12.8 Å². The van der Waals surface area contributed by atoms with Crippen molar-refractivity contribution in [2.45, 2.75) is 77.7 Å². The van der Waals surface area contributed by atoms with Crippen LogP contribution < -0.4 is 0 Å². The van der Waals surface area contributed by atoms with E-state index in [9.17, 15) is 0 Å². The minimum atomic E-state index is 0.508. The molecule has 0 aliphatic carbocycles. The van der Waals surface area contributed by atoms with Crippen LogP contribution in [0.3, 0.4) is 0 Å². The fraction of sp³-hybridized carbons (Fsp3) is 0.857. The summed E-state index contributed by atoms with van der Waals surface area (Å²) >= 11 is 0. The summed E-state index contributed by atoms with van der Waals surface area (Å²) in [5.41, 5.74) is 0. The molecule has 1 heterocycles. The van der Waals surface area contributed by atoms with Gasteiger partial charge in [-0.2, -0.15) is 0 Å². The topological polar surface area (TPSA) is 9.23 Å². The Labute approximate surface area is 94.9 Å². The van der Waals surface area contributed by atoms with Crippen LogP contribution in [0.5, 0.6) is 0 Å². The maximum atomic E-state index is 5.92. The molecule has 1 rings (SSSR count). The van der Waals surface area contributed by atoms with Gasteiger partial charge >= 0.3 is 0 Å². The molecule has 0 spiro atoms. The molecule has 1 heteroatoms. The summed E-state index contributed by atoms with van der Waals surface area (Å²) in [6.07, 6.45) is 14.3. The molecule has 0 saturated carbocycles. The summed E-state index contributed by atoms with van der Waals surface area (Å²) in [4.78, 5) is 0. The first-order valence-corrected chi connectivity index (χ1v) is 6.72. The molecule has 0 N–H and O–H groups in total. The van der Waals surface area contributed by atoms with Crippen molar-refractivity contribution in [1.82, 2.24) is 0 Å². The Morgan fingerprint density at radius 1 is 1.13 bits per heavy atom. The highest BCUT2D eigenvalue weighted by molar-refractivity contribution is 5.01. The second-order valence-electron chi connectivity index (χ2n) is 4.60. The number of hydrogen-bond donors (Lipinski definition) is 0. The van der Waals surface area contributed by atoms with Gasteiger partial charge in [-0.15, -0.1) is 0 Å². The van der Waals surface area contributed by atoms with Gasteiger partial charge in [-0.3, -0.25) is 0 Å². The Morgan fingerprint density at radius 3 is 2.60 bits per heavy atom. The van der Waals surface area contributed by atoms with Crippen molar-refractivity contribution in [2.75, 3.05) is 0 Å². The lowest BCUT2D eigenvalue weighted by Crippen LogP contribution is -2.05. The Balaban J connectivity index is 2.03. The van der Waals surface area contributed by atoms with Gasteiger partial charge < -0.3 is 4.74 Å². The van der Waals surface area contributed by atoms with E-state index in [2.05, 4.69) is 19.9 Å². The van der Waals surface area contributed by atoms with Crippen molar-refractivity contribution in [1.29, 1.82) is 0 Å². The van der Waals surface area contributed by atoms with Crippen LogP contribution in [-0.4, -0.2) is 6.10 Å². The summed E-state index contributed by atoms with van der Waals surface area (Å²) < 4.78 is 5.92. The normalized spacial score (nSPS) is 20.1. The molecule has 1 unspecified atom stereocenters. The minimum absolute atomic E-state index is 0.508. The van der Waals surface area contributed by atoms with Gasteiger partial charge in [0.2, 0.25) is 0 Å². The highest BCUT2D eigenvalue weighted by Crippen LogP contribution is 2.25. The van der Waals surface area contributed by atoms with E-state index in [1.54, 1.807) is 0 Å². The predicted octanol–water partition coefficient (Wildman–Crippen LogP) is 4.82. The van der Waals surface area contributed by atoms with Gasteiger partial charge in [-0.25, -0.2) is 0 Å². The number of allylic oxidation sites excluding steroid dienone is 1. The summed E-state index contributed by atoms with van der Waals surface area (Å²) in [6.45, 7) is 4.50. The van der Waals surface area contributed by atoms with E-state index in [-0.39, 0.29) is 0 Å². The second kappa shape index (κ2) is 7.78.